The molecular formula is C40H61NO15. The van der Waals surface area contributed by atoms with Crippen molar-refractivity contribution >= 4 is 17.7 Å². The van der Waals surface area contributed by atoms with E-state index in [9.17, 15) is 55.2 Å². The number of carbonyl (C=O) groups excluding carboxylic acids is 2. The number of ether oxygens (including phenoxy) is 4. The van der Waals surface area contributed by atoms with Crippen LogP contribution in [0.15, 0.2) is 60.8 Å². The van der Waals surface area contributed by atoms with Crippen LogP contribution in [0.3, 0.4) is 0 Å². The van der Waals surface area contributed by atoms with E-state index in [4.69, 9.17) is 24.7 Å². The molecule has 3 heterocycles. The van der Waals surface area contributed by atoms with Gasteiger partial charge in [0.1, 0.15) is 23.9 Å². The maximum atomic E-state index is 12.6. The van der Waals surface area contributed by atoms with Gasteiger partial charge in [-0.05, 0) is 19.3 Å². The van der Waals surface area contributed by atoms with Gasteiger partial charge >= 0.3 is 11.9 Å². The summed E-state index contributed by atoms with van der Waals surface area (Å²) in [4.78, 5) is 37.7. The van der Waals surface area contributed by atoms with Crippen LogP contribution >= 0.6 is 0 Å². The van der Waals surface area contributed by atoms with E-state index >= 15 is 0 Å². The number of fused-ring (bicyclic) bond motifs is 2. The number of aliphatic hydroxyl groups is 7. The molecule has 0 saturated carbocycles. The maximum Gasteiger partial charge on any atom is 0.311 e. The van der Waals surface area contributed by atoms with Gasteiger partial charge in [0, 0.05) is 38.5 Å². The highest BCUT2D eigenvalue weighted by atomic mass is 16.7. The Morgan fingerprint density at radius 3 is 2.20 bits per heavy atom. The third-order valence-electron chi connectivity index (χ3n) is 10.4. The molecule has 2 bridgehead atoms. The molecule has 0 aliphatic carbocycles. The monoisotopic (exact) mass is 795 g/mol. The molecule has 2 saturated heterocycles. The molecule has 56 heavy (non-hydrogen) atoms. The fourth-order valence-corrected chi connectivity index (χ4v) is 6.85. The summed E-state index contributed by atoms with van der Waals surface area (Å²) < 4.78 is 23.2. The second-order valence-corrected chi connectivity index (χ2v) is 15.0. The van der Waals surface area contributed by atoms with Crippen molar-refractivity contribution < 1.29 is 74.2 Å². The van der Waals surface area contributed by atoms with E-state index in [-0.39, 0.29) is 25.2 Å². The van der Waals surface area contributed by atoms with Gasteiger partial charge in [-0.25, -0.2) is 0 Å². The molecule has 3 rings (SSSR count). The summed E-state index contributed by atoms with van der Waals surface area (Å²) >= 11 is 0. The molecule has 16 nitrogen and oxygen atoms in total. The number of Topliss-reactive ketones (excluding diaryl/α,β-unsaturated/α-hetero) is 1. The highest BCUT2D eigenvalue weighted by Gasteiger charge is 2.51. The minimum Gasteiger partial charge on any atom is -0.481 e. The number of carboxylic acid groups (broad SMARTS) is 1. The lowest BCUT2D eigenvalue weighted by atomic mass is 9.82. The number of ketones is 1. The van der Waals surface area contributed by atoms with E-state index in [2.05, 4.69) is 0 Å². The van der Waals surface area contributed by atoms with Crippen molar-refractivity contribution in [3.63, 3.8) is 0 Å². The van der Waals surface area contributed by atoms with E-state index in [1.165, 1.54) is 13.0 Å². The minimum absolute atomic E-state index is 0.0294. The molecule has 0 amide bonds. The van der Waals surface area contributed by atoms with E-state index in [1.54, 1.807) is 48.6 Å². The van der Waals surface area contributed by atoms with Gasteiger partial charge in [-0.2, -0.15) is 0 Å². The normalized spacial score (nSPS) is 42.5. The fraction of sp³-hybridized carbons (Fsp3) is 0.675. The van der Waals surface area contributed by atoms with Gasteiger partial charge in [-0.3, -0.25) is 14.4 Å². The van der Waals surface area contributed by atoms with Crippen molar-refractivity contribution in [3.05, 3.63) is 60.8 Å². The highest BCUT2D eigenvalue weighted by Crippen LogP contribution is 2.38. The lowest BCUT2D eigenvalue weighted by Crippen LogP contribution is -2.61. The molecule has 316 valence electrons. The SMILES string of the molecule is CCC(C)C1C\C=C/C=C/C=C/C=C/C=C/C(O[C@@H]2O[C@H](C)[C@@H](O)[C@H](N)[C@@H]2O)CC2OC(O)(CC(O)C(O)CCC(=O)CC(O)CC(=O)O1)CC(O)C2C(=O)O. The highest BCUT2D eigenvalue weighted by molar-refractivity contribution is 5.80. The average Bonchev–Trinajstić information content (AvgIpc) is 3.11. The number of carboxylic acids is 1. The smallest absolute Gasteiger partial charge is 0.311 e. The molecule has 0 radical (unpaired) electrons. The van der Waals surface area contributed by atoms with Crippen LogP contribution in [0.4, 0.5) is 0 Å². The number of cyclic esters (lactones) is 1. The van der Waals surface area contributed by atoms with Gasteiger partial charge in [0.15, 0.2) is 12.1 Å². The summed E-state index contributed by atoms with van der Waals surface area (Å²) in [6.07, 6.45) is 1.21. The van der Waals surface area contributed by atoms with E-state index in [1.807, 2.05) is 19.9 Å². The number of aliphatic carboxylic acids is 1. The lowest BCUT2D eigenvalue weighted by Gasteiger charge is -2.45. The number of hydrogen-bond acceptors (Lipinski definition) is 15. The van der Waals surface area contributed by atoms with E-state index < -0.39 is 128 Å². The Labute approximate surface area is 327 Å². The number of nitrogens with two attached hydrogens (primary N) is 1. The minimum atomic E-state index is -2.34. The molecule has 3 aliphatic heterocycles. The number of esters is 1. The maximum absolute atomic E-state index is 12.6. The van der Waals surface area contributed by atoms with Gasteiger partial charge in [-0.1, -0.05) is 81.0 Å². The molecule has 0 aromatic rings. The Hall–Kier alpha value is -3.13. The molecule has 10 unspecified atom stereocenters. The molecule has 2 fully saturated rings. The first kappa shape index (κ1) is 47.2. The summed E-state index contributed by atoms with van der Waals surface area (Å²) in [5.41, 5.74) is 5.99. The van der Waals surface area contributed by atoms with Gasteiger partial charge < -0.3 is 65.5 Å². The van der Waals surface area contributed by atoms with E-state index in [0.717, 1.165) is 6.42 Å². The van der Waals surface area contributed by atoms with E-state index in [0.29, 0.717) is 6.42 Å². The largest absolute Gasteiger partial charge is 0.481 e. The lowest BCUT2D eigenvalue weighted by molar-refractivity contribution is -0.310. The molecule has 10 N–H and O–H groups in total. The zero-order chi connectivity index (χ0) is 41.6. The number of hydrogen-bond donors (Lipinski definition) is 9. The molecule has 16 heteroatoms. The van der Waals surface area contributed by atoms with Crippen molar-refractivity contribution in [2.75, 3.05) is 0 Å². The zero-order valence-corrected chi connectivity index (χ0v) is 32.2. The van der Waals surface area contributed by atoms with Crippen LogP contribution in [0, 0.1) is 11.8 Å². The molecule has 3 aliphatic rings. The van der Waals surface area contributed by atoms with Crippen molar-refractivity contribution in [1.82, 2.24) is 0 Å². The fourth-order valence-electron chi connectivity index (χ4n) is 6.85. The second-order valence-electron chi connectivity index (χ2n) is 15.0. The summed E-state index contributed by atoms with van der Waals surface area (Å²) in [6, 6.07) is -1.13. The number of carbonyl (C=O) groups is 3. The number of allylic oxidation sites excluding steroid dienone is 8. The van der Waals surface area contributed by atoms with Crippen LogP contribution in [-0.2, 0) is 33.3 Å². The Kier molecular flexibility index (Phi) is 19.2. The van der Waals surface area contributed by atoms with Crippen molar-refractivity contribution in [1.29, 1.82) is 0 Å². The van der Waals surface area contributed by atoms with Crippen molar-refractivity contribution in [2.45, 2.75) is 158 Å². The molecular weight excluding hydrogens is 734 g/mol. The van der Waals surface area contributed by atoms with Crippen molar-refractivity contribution in [3.8, 4) is 0 Å². The van der Waals surface area contributed by atoms with Crippen LogP contribution in [0.1, 0.15) is 78.6 Å². The van der Waals surface area contributed by atoms with Crippen LogP contribution in [0.25, 0.3) is 0 Å². The number of rotatable bonds is 5. The Balaban J connectivity index is 1.91. The Morgan fingerprint density at radius 2 is 1.55 bits per heavy atom. The zero-order valence-electron chi connectivity index (χ0n) is 32.2. The van der Waals surface area contributed by atoms with Crippen LogP contribution in [-0.4, -0.2) is 138 Å². The first-order valence-electron chi connectivity index (χ1n) is 19.3. The van der Waals surface area contributed by atoms with Crippen LogP contribution in [0.5, 0.6) is 0 Å². The Bertz CT molecular complexity index is 1420. The van der Waals surface area contributed by atoms with Gasteiger partial charge in [0.05, 0.1) is 61.3 Å². The van der Waals surface area contributed by atoms with Crippen LogP contribution in [0.2, 0.25) is 0 Å². The average molecular weight is 796 g/mol. The molecule has 15 atom stereocenters. The predicted octanol–water partition coefficient (Wildman–Crippen LogP) is 0.840. The first-order valence-corrected chi connectivity index (χ1v) is 19.3. The van der Waals surface area contributed by atoms with Crippen molar-refractivity contribution in [2.24, 2.45) is 17.6 Å². The number of aliphatic hydroxyl groups excluding tert-OH is 6. The summed E-state index contributed by atoms with van der Waals surface area (Å²) in [7, 11) is 0. The molecule has 0 spiro atoms. The quantitative estimate of drug-likeness (QED) is 0.174. The summed E-state index contributed by atoms with van der Waals surface area (Å²) in [6.45, 7) is 5.45. The standard InChI is InChI=1S/C40H61NO15/c1-4-23(2)31-15-13-11-9-7-5-6-8-10-12-14-27(54-39-37(49)35(41)36(48)24(3)53-39)20-32-34(38(50)51)30(46)22-40(52,56-32)21-29(45)28(44)17-16-25(42)18-26(43)19-33(47)55-31/h5-14,23-24,26-32,34-37,39,43-46,48-49,52H,4,15-22,41H2,1-3H3,(H,50,51)/b6-5+,9-7+,10-8+,13-11-,14-12+/t23?,24-,26?,27?,28?,29?,30?,31?,32?,34?,35+,36-,37+,39+,40?/m1/s1. The predicted molar refractivity (Wildman–Crippen MR) is 201 cm³/mol. The summed E-state index contributed by atoms with van der Waals surface area (Å²) in [5, 5.41) is 85.5. The van der Waals surface area contributed by atoms with Crippen LogP contribution < -0.4 is 5.73 Å². The summed E-state index contributed by atoms with van der Waals surface area (Å²) in [5.74, 6) is -6.47. The van der Waals surface area contributed by atoms with Gasteiger partial charge in [-0.15, -0.1) is 0 Å². The Morgan fingerprint density at radius 1 is 0.929 bits per heavy atom. The topological polar surface area (TPSA) is 276 Å². The third-order valence-corrected chi connectivity index (χ3v) is 10.4. The van der Waals surface area contributed by atoms with Gasteiger partial charge in [0.2, 0.25) is 0 Å². The molecule has 0 aromatic heterocycles. The van der Waals surface area contributed by atoms with Gasteiger partial charge in [0.25, 0.3) is 0 Å². The third kappa shape index (κ3) is 14.7. The molecule has 0 aromatic carbocycles. The second kappa shape index (κ2) is 22.7. The first-order chi connectivity index (χ1) is 26.4.